The van der Waals surface area contributed by atoms with Crippen LogP contribution in [0.25, 0.3) is 16.7 Å². The second-order valence-corrected chi connectivity index (χ2v) is 8.32. The minimum absolute atomic E-state index is 0.0755. The van der Waals surface area contributed by atoms with Crippen molar-refractivity contribution in [1.29, 1.82) is 0 Å². The molecule has 1 aliphatic rings. The predicted molar refractivity (Wildman–Crippen MR) is 120 cm³/mol. The van der Waals surface area contributed by atoms with Crippen molar-refractivity contribution in [3.05, 3.63) is 46.4 Å². The summed E-state index contributed by atoms with van der Waals surface area (Å²) in [5.74, 6) is 0.0559. The number of rotatable bonds is 5. The Morgan fingerprint density at radius 3 is 2.66 bits per heavy atom. The van der Waals surface area contributed by atoms with Gasteiger partial charge in [0.1, 0.15) is 5.39 Å². The smallest absolute Gasteiger partial charge is 0.409 e. The predicted octanol–water partition coefficient (Wildman–Crippen LogP) is 1.81. The van der Waals surface area contributed by atoms with Gasteiger partial charge in [0.25, 0.3) is 5.56 Å². The molecule has 0 bridgehead atoms. The van der Waals surface area contributed by atoms with Gasteiger partial charge in [-0.2, -0.15) is 5.10 Å². The van der Waals surface area contributed by atoms with Crippen molar-refractivity contribution in [1.82, 2.24) is 29.5 Å². The Morgan fingerprint density at radius 1 is 1.19 bits per heavy atom. The first-order valence-corrected chi connectivity index (χ1v) is 11.3. The van der Waals surface area contributed by atoms with E-state index in [-0.39, 0.29) is 23.3 Å². The van der Waals surface area contributed by atoms with E-state index in [9.17, 15) is 14.4 Å². The number of benzene rings is 1. The summed E-state index contributed by atoms with van der Waals surface area (Å²) >= 11 is 1.17. The van der Waals surface area contributed by atoms with Gasteiger partial charge < -0.3 is 19.5 Å². The molecule has 1 aliphatic heterocycles. The molecule has 0 atom stereocenters. The summed E-state index contributed by atoms with van der Waals surface area (Å²) in [5.41, 5.74) is 2.02. The zero-order chi connectivity index (χ0) is 22.7. The average molecular weight is 457 g/mol. The van der Waals surface area contributed by atoms with Crippen LogP contribution in [0.2, 0.25) is 0 Å². The molecule has 0 unspecified atom stereocenters. The third-order valence-electron chi connectivity index (χ3n) is 5.15. The minimum atomic E-state index is -0.353. The van der Waals surface area contributed by atoms with E-state index in [1.165, 1.54) is 18.0 Å². The molecule has 10 nitrogen and oxygen atoms in total. The van der Waals surface area contributed by atoms with Gasteiger partial charge in [0.15, 0.2) is 10.8 Å². The van der Waals surface area contributed by atoms with E-state index in [0.29, 0.717) is 49.0 Å². The number of nitrogens with zero attached hydrogens (tertiary/aromatic N) is 5. The van der Waals surface area contributed by atoms with Crippen LogP contribution in [0, 0.1) is 6.92 Å². The molecule has 1 N–H and O–H groups in total. The van der Waals surface area contributed by atoms with E-state index >= 15 is 0 Å². The monoisotopic (exact) mass is 456 g/mol. The highest BCUT2D eigenvalue weighted by molar-refractivity contribution is 7.99. The minimum Gasteiger partial charge on any atom is -0.450 e. The average Bonchev–Trinajstić information content (AvgIpc) is 3.22. The van der Waals surface area contributed by atoms with Crippen LogP contribution in [0.3, 0.4) is 0 Å². The molecule has 2 amide bonds. The molecule has 168 valence electrons. The lowest BCUT2D eigenvalue weighted by molar-refractivity contribution is -0.129. The molecule has 11 heteroatoms. The van der Waals surface area contributed by atoms with Gasteiger partial charge >= 0.3 is 6.09 Å². The van der Waals surface area contributed by atoms with Gasteiger partial charge in [0, 0.05) is 26.2 Å². The van der Waals surface area contributed by atoms with Crippen LogP contribution in [-0.2, 0) is 9.53 Å². The Balaban J connectivity index is 1.44. The Hall–Kier alpha value is -3.34. The number of piperazine rings is 1. The number of H-pyrrole nitrogens is 1. The SMILES string of the molecule is CCOC(=O)N1CCN(C(=O)CSc2nc3c(cnn3-c3cccc(C)c3)c(=O)[nH]2)CC1. The quantitative estimate of drug-likeness (QED) is 0.460. The molecule has 1 saturated heterocycles. The first-order valence-electron chi connectivity index (χ1n) is 10.3. The normalized spacial score (nSPS) is 14.1. The molecule has 0 aliphatic carbocycles. The first-order chi connectivity index (χ1) is 15.5. The van der Waals surface area contributed by atoms with E-state index in [0.717, 1.165) is 11.3 Å². The molecule has 4 rings (SSSR count). The van der Waals surface area contributed by atoms with E-state index in [2.05, 4.69) is 15.1 Å². The Morgan fingerprint density at radius 2 is 1.94 bits per heavy atom. The van der Waals surface area contributed by atoms with Crippen LogP contribution in [0.5, 0.6) is 0 Å². The zero-order valence-electron chi connectivity index (χ0n) is 17.9. The van der Waals surface area contributed by atoms with Crippen LogP contribution >= 0.6 is 11.8 Å². The third kappa shape index (κ3) is 4.62. The molecule has 1 fully saturated rings. The standard InChI is InChI=1S/C21H24N6O4S/c1-3-31-21(30)26-9-7-25(8-10-26)17(28)13-32-20-23-18-16(19(29)24-20)12-22-27(18)15-6-4-5-14(2)11-15/h4-6,11-12H,3,7-10,13H2,1-2H3,(H,23,24,29). The van der Waals surface area contributed by atoms with Crippen molar-refractivity contribution < 1.29 is 14.3 Å². The molecule has 0 radical (unpaired) electrons. The summed E-state index contributed by atoms with van der Waals surface area (Å²) in [7, 11) is 0. The van der Waals surface area contributed by atoms with Crippen molar-refractivity contribution in [2.45, 2.75) is 19.0 Å². The number of thioether (sulfide) groups is 1. The van der Waals surface area contributed by atoms with Crippen molar-refractivity contribution in [2.24, 2.45) is 0 Å². The van der Waals surface area contributed by atoms with Gasteiger partial charge in [-0.15, -0.1) is 0 Å². The number of nitrogens with one attached hydrogen (secondary N) is 1. The Bertz CT molecular complexity index is 1200. The lowest BCUT2D eigenvalue weighted by Gasteiger charge is -2.34. The van der Waals surface area contributed by atoms with Gasteiger partial charge in [-0.3, -0.25) is 9.59 Å². The van der Waals surface area contributed by atoms with Crippen LogP contribution < -0.4 is 5.56 Å². The van der Waals surface area contributed by atoms with Crippen LogP contribution in [0.1, 0.15) is 12.5 Å². The first kappa shape index (κ1) is 21.9. The largest absolute Gasteiger partial charge is 0.450 e. The number of aryl methyl sites for hydroxylation is 1. The van der Waals surface area contributed by atoms with Crippen LogP contribution in [0.15, 0.2) is 40.4 Å². The van der Waals surface area contributed by atoms with Gasteiger partial charge in [0.05, 0.1) is 24.2 Å². The number of aromatic amines is 1. The fraction of sp³-hybridized carbons (Fsp3) is 0.381. The maximum atomic E-state index is 12.6. The van der Waals surface area contributed by atoms with E-state index < -0.39 is 0 Å². The second-order valence-electron chi connectivity index (χ2n) is 7.36. The number of carbonyl (C=O) groups excluding carboxylic acids is 2. The number of ether oxygens (including phenoxy) is 1. The summed E-state index contributed by atoms with van der Waals surface area (Å²) < 4.78 is 6.62. The van der Waals surface area contributed by atoms with Gasteiger partial charge in [0.2, 0.25) is 5.91 Å². The molecular weight excluding hydrogens is 432 g/mol. The maximum absolute atomic E-state index is 12.6. The molecule has 3 aromatic rings. The van der Waals surface area contributed by atoms with Gasteiger partial charge in [-0.25, -0.2) is 14.5 Å². The lowest BCUT2D eigenvalue weighted by atomic mass is 10.2. The highest BCUT2D eigenvalue weighted by atomic mass is 32.2. The number of hydrogen-bond donors (Lipinski definition) is 1. The number of carbonyl (C=O) groups is 2. The van der Waals surface area contributed by atoms with E-state index in [1.807, 2.05) is 31.2 Å². The molecular formula is C21H24N6O4S. The number of hydrogen-bond acceptors (Lipinski definition) is 7. The summed E-state index contributed by atoms with van der Waals surface area (Å²) in [5, 5.41) is 5.06. The van der Waals surface area contributed by atoms with Gasteiger partial charge in [-0.05, 0) is 31.5 Å². The zero-order valence-corrected chi connectivity index (χ0v) is 18.7. The summed E-state index contributed by atoms with van der Waals surface area (Å²) in [6.45, 7) is 5.83. The maximum Gasteiger partial charge on any atom is 0.409 e. The third-order valence-corrected chi connectivity index (χ3v) is 6.01. The molecule has 2 aromatic heterocycles. The number of amides is 2. The topological polar surface area (TPSA) is 113 Å². The number of fused-ring (bicyclic) bond motifs is 1. The second kappa shape index (κ2) is 9.43. The fourth-order valence-corrected chi connectivity index (χ4v) is 4.25. The fourth-order valence-electron chi connectivity index (χ4n) is 3.49. The summed E-state index contributed by atoms with van der Waals surface area (Å²) in [6.07, 6.45) is 1.14. The Kier molecular flexibility index (Phi) is 6.45. The molecule has 3 heterocycles. The molecule has 32 heavy (non-hydrogen) atoms. The van der Waals surface area contributed by atoms with Crippen LogP contribution in [-0.4, -0.2) is 80.1 Å². The summed E-state index contributed by atoms with van der Waals surface area (Å²) in [6, 6.07) is 7.76. The van der Waals surface area contributed by atoms with Crippen molar-refractivity contribution in [3.63, 3.8) is 0 Å². The van der Waals surface area contributed by atoms with Crippen molar-refractivity contribution in [3.8, 4) is 5.69 Å². The van der Waals surface area contributed by atoms with Crippen LogP contribution in [0.4, 0.5) is 4.79 Å². The molecule has 0 spiro atoms. The number of aromatic nitrogens is 4. The molecule has 0 saturated carbocycles. The highest BCUT2D eigenvalue weighted by Gasteiger charge is 2.25. The van der Waals surface area contributed by atoms with Crippen molar-refractivity contribution >= 4 is 34.8 Å². The van der Waals surface area contributed by atoms with E-state index in [1.54, 1.807) is 21.4 Å². The van der Waals surface area contributed by atoms with E-state index in [4.69, 9.17) is 4.74 Å². The van der Waals surface area contributed by atoms with Crippen molar-refractivity contribution in [2.75, 3.05) is 38.5 Å². The lowest BCUT2D eigenvalue weighted by Crippen LogP contribution is -2.51. The summed E-state index contributed by atoms with van der Waals surface area (Å²) in [4.78, 5) is 47.5. The Labute approximate surface area is 188 Å². The molecule has 1 aromatic carbocycles. The highest BCUT2D eigenvalue weighted by Crippen LogP contribution is 2.19. The van der Waals surface area contributed by atoms with Gasteiger partial charge in [-0.1, -0.05) is 23.9 Å².